The number of aliphatic hydroxyl groups excluding tert-OH is 1. The van der Waals surface area contributed by atoms with Crippen molar-refractivity contribution < 1.29 is 29.0 Å². The van der Waals surface area contributed by atoms with E-state index < -0.39 is 41.3 Å². The monoisotopic (exact) mass is 377 g/mol. The highest BCUT2D eigenvalue weighted by atomic mass is 35.5. The van der Waals surface area contributed by atoms with Crippen molar-refractivity contribution in [3.05, 3.63) is 40.9 Å². The maximum atomic E-state index is 13.0. The average molecular weight is 378 g/mol. The summed E-state index contributed by atoms with van der Waals surface area (Å²) in [4.78, 5) is 39.0. The van der Waals surface area contributed by atoms with Crippen LogP contribution >= 0.6 is 11.6 Å². The first kappa shape index (κ1) is 17.2. The molecule has 4 atom stereocenters. The van der Waals surface area contributed by atoms with Crippen LogP contribution < -0.4 is 4.90 Å². The van der Waals surface area contributed by atoms with Crippen LogP contribution in [0.25, 0.3) is 0 Å². The first-order chi connectivity index (χ1) is 12.4. The summed E-state index contributed by atoms with van der Waals surface area (Å²) in [6.45, 7) is 1.46. The molecule has 1 aromatic rings. The highest BCUT2D eigenvalue weighted by molar-refractivity contribution is 6.34. The first-order valence-corrected chi connectivity index (χ1v) is 8.64. The molecule has 3 aliphatic rings. The molecule has 7 nitrogen and oxygen atoms in total. The molecule has 0 saturated carbocycles. The fourth-order valence-electron chi connectivity index (χ4n) is 3.96. The van der Waals surface area contributed by atoms with Gasteiger partial charge in [-0.2, -0.15) is 0 Å². The highest BCUT2D eigenvalue weighted by Gasteiger charge is 2.67. The zero-order valence-corrected chi connectivity index (χ0v) is 14.6. The van der Waals surface area contributed by atoms with Gasteiger partial charge in [-0.25, -0.2) is 9.69 Å². The van der Waals surface area contributed by atoms with Crippen LogP contribution in [0.15, 0.2) is 30.4 Å². The minimum Gasteiger partial charge on any atom is -0.462 e. The van der Waals surface area contributed by atoms with Crippen LogP contribution in [0.2, 0.25) is 5.02 Å². The summed E-state index contributed by atoms with van der Waals surface area (Å²) in [5, 5.41) is 9.90. The third kappa shape index (κ3) is 2.17. The van der Waals surface area contributed by atoms with E-state index in [1.54, 1.807) is 19.1 Å². The fourth-order valence-corrected chi connectivity index (χ4v) is 4.15. The van der Waals surface area contributed by atoms with Crippen molar-refractivity contribution in [2.24, 2.45) is 11.8 Å². The Kier molecular flexibility index (Phi) is 3.91. The minimum atomic E-state index is -1.16. The number of amides is 2. The maximum absolute atomic E-state index is 13.0. The Bertz CT molecular complexity index is 852. The summed E-state index contributed by atoms with van der Waals surface area (Å²) in [5.41, 5.74) is -0.833. The molecule has 2 fully saturated rings. The van der Waals surface area contributed by atoms with Crippen LogP contribution in [0, 0.1) is 11.8 Å². The van der Waals surface area contributed by atoms with E-state index >= 15 is 0 Å². The maximum Gasteiger partial charge on any atom is 0.339 e. The molecule has 4 rings (SSSR count). The predicted octanol–water partition coefficient (Wildman–Crippen LogP) is 1.32. The van der Waals surface area contributed by atoms with E-state index in [4.69, 9.17) is 21.1 Å². The third-order valence-corrected chi connectivity index (χ3v) is 5.44. The molecular weight excluding hydrogens is 362 g/mol. The zero-order chi connectivity index (χ0) is 18.6. The fraction of sp³-hybridized carbons (Fsp3) is 0.389. The molecule has 136 valence electrons. The lowest BCUT2D eigenvalue weighted by Gasteiger charge is -2.26. The Morgan fingerprint density at radius 3 is 2.85 bits per heavy atom. The van der Waals surface area contributed by atoms with Crippen LogP contribution in [0.1, 0.15) is 17.3 Å². The number of ether oxygens (including phenoxy) is 2. The largest absolute Gasteiger partial charge is 0.462 e. The first-order valence-electron chi connectivity index (χ1n) is 8.26. The molecule has 2 saturated heterocycles. The van der Waals surface area contributed by atoms with E-state index in [-0.39, 0.29) is 29.5 Å². The Balaban J connectivity index is 1.72. The van der Waals surface area contributed by atoms with Crippen molar-refractivity contribution >= 4 is 35.1 Å². The topological polar surface area (TPSA) is 93.1 Å². The van der Waals surface area contributed by atoms with Crippen molar-refractivity contribution in [1.29, 1.82) is 0 Å². The van der Waals surface area contributed by atoms with Crippen LogP contribution in [0.5, 0.6) is 0 Å². The van der Waals surface area contributed by atoms with E-state index in [0.29, 0.717) is 0 Å². The normalized spacial score (nSPS) is 31.7. The number of nitrogens with zero attached hydrogens (tertiary/aromatic N) is 1. The minimum absolute atomic E-state index is 0.0814. The Labute approximate surface area is 154 Å². The molecule has 3 heterocycles. The summed E-state index contributed by atoms with van der Waals surface area (Å²) in [6, 6.07) is 4.33. The van der Waals surface area contributed by atoms with Gasteiger partial charge in [-0.05, 0) is 25.1 Å². The molecule has 0 radical (unpaired) electrons. The number of halogens is 1. The van der Waals surface area contributed by atoms with Crippen LogP contribution in [-0.4, -0.2) is 47.8 Å². The Hall–Kier alpha value is -2.22. The van der Waals surface area contributed by atoms with Crippen molar-refractivity contribution in [3.63, 3.8) is 0 Å². The quantitative estimate of drug-likeness (QED) is 0.483. The number of imide groups is 1. The van der Waals surface area contributed by atoms with Crippen molar-refractivity contribution in [2.45, 2.75) is 18.6 Å². The number of fused-ring (bicyclic) bond motifs is 5. The van der Waals surface area contributed by atoms with Gasteiger partial charge in [0.25, 0.3) is 0 Å². The standard InChI is InChI=1S/C18H16ClNO6/c1-2-25-17(24)10-7-9(3-4-11(10)19)20-15(22)13-12-5-6-18(8-21,26-12)14(13)16(20)23/h3-7,12-14,21H,2,8H2,1H3/t12-,13+,14-,18-/m0/s1. The second kappa shape index (κ2) is 5.90. The summed E-state index contributed by atoms with van der Waals surface area (Å²) in [7, 11) is 0. The van der Waals surface area contributed by atoms with Gasteiger partial charge in [-0.1, -0.05) is 23.8 Å². The van der Waals surface area contributed by atoms with Gasteiger partial charge < -0.3 is 14.6 Å². The van der Waals surface area contributed by atoms with Crippen LogP contribution in [0.3, 0.4) is 0 Å². The molecule has 0 aliphatic carbocycles. The van der Waals surface area contributed by atoms with Gasteiger partial charge in [-0.3, -0.25) is 9.59 Å². The molecule has 0 spiro atoms. The lowest BCUT2D eigenvalue weighted by molar-refractivity contribution is -0.128. The molecule has 8 heteroatoms. The van der Waals surface area contributed by atoms with Gasteiger partial charge >= 0.3 is 5.97 Å². The molecule has 0 unspecified atom stereocenters. The van der Waals surface area contributed by atoms with Crippen LogP contribution in [0.4, 0.5) is 5.69 Å². The Morgan fingerprint density at radius 1 is 1.38 bits per heavy atom. The molecule has 2 bridgehead atoms. The van der Waals surface area contributed by atoms with Gasteiger partial charge in [0, 0.05) is 0 Å². The number of esters is 1. The SMILES string of the molecule is CCOC(=O)c1cc(N2C(=O)[C@@H]3[C@@H]4C=C[C@@](CO)(O4)[C@@H]3C2=O)ccc1Cl. The number of carbonyl (C=O) groups is 3. The lowest BCUT2D eigenvalue weighted by atomic mass is 9.77. The molecule has 1 N–H and O–H groups in total. The third-order valence-electron chi connectivity index (χ3n) is 5.11. The molecule has 1 aromatic carbocycles. The van der Waals surface area contributed by atoms with E-state index in [2.05, 4.69) is 0 Å². The van der Waals surface area contributed by atoms with Crippen molar-refractivity contribution in [3.8, 4) is 0 Å². The van der Waals surface area contributed by atoms with Crippen molar-refractivity contribution in [2.75, 3.05) is 18.1 Å². The van der Waals surface area contributed by atoms with Gasteiger partial charge in [0.15, 0.2) is 0 Å². The molecule has 3 aliphatic heterocycles. The number of rotatable bonds is 4. The second-order valence-corrected chi connectivity index (χ2v) is 6.86. The number of hydrogen-bond acceptors (Lipinski definition) is 6. The number of anilines is 1. The van der Waals surface area contributed by atoms with Gasteiger partial charge in [-0.15, -0.1) is 0 Å². The molecule has 26 heavy (non-hydrogen) atoms. The number of aliphatic hydroxyl groups is 1. The number of carbonyl (C=O) groups excluding carboxylic acids is 3. The summed E-state index contributed by atoms with van der Waals surface area (Å²) in [6.07, 6.45) is 2.82. The summed E-state index contributed by atoms with van der Waals surface area (Å²) >= 11 is 6.05. The van der Waals surface area contributed by atoms with E-state index in [1.165, 1.54) is 18.2 Å². The highest BCUT2D eigenvalue weighted by Crippen LogP contribution is 2.52. The molecular formula is C18H16ClNO6. The average Bonchev–Trinajstić information content (AvgIpc) is 3.27. The Morgan fingerprint density at radius 2 is 2.15 bits per heavy atom. The summed E-state index contributed by atoms with van der Waals surface area (Å²) < 4.78 is 10.6. The number of benzene rings is 1. The molecule has 0 aromatic heterocycles. The van der Waals surface area contributed by atoms with Gasteiger partial charge in [0.1, 0.15) is 5.60 Å². The number of hydrogen-bond donors (Lipinski definition) is 1. The predicted molar refractivity (Wildman–Crippen MR) is 90.7 cm³/mol. The van der Waals surface area contributed by atoms with Crippen molar-refractivity contribution in [1.82, 2.24) is 0 Å². The lowest BCUT2D eigenvalue weighted by Crippen LogP contribution is -2.43. The summed E-state index contributed by atoms with van der Waals surface area (Å²) in [5.74, 6) is -2.96. The van der Waals surface area contributed by atoms with E-state index in [1.807, 2.05) is 0 Å². The van der Waals surface area contributed by atoms with Gasteiger partial charge in [0.2, 0.25) is 11.8 Å². The van der Waals surface area contributed by atoms with Crippen LogP contribution in [-0.2, 0) is 19.1 Å². The zero-order valence-electron chi connectivity index (χ0n) is 13.8. The smallest absolute Gasteiger partial charge is 0.339 e. The molecule has 2 amide bonds. The van der Waals surface area contributed by atoms with E-state index in [9.17, 15) is 19.5 Å². The second-order valence-electron chi connectivity index (χ2n) is 6.45. The van der Waals surface area contributed by atoms with E-state index in [0.717, 1.165) is 4.90 Å². The van der Waals surface area contributed by atoms with Gasteiger partial charge in [0.05, 0.1) is 47.4 Å².